The van der Waals surface area contributed by atoms with Gasteiger partial charge in [-0.1, -0.05) is 43.7 Å². The van der Waals surface area contributed by atoms with Crippen molar-refractivity contribution in [3.63, 3.8) is 0 Å². The van der Waals surface area contributed by atoms with E-state index in [0.29, 0.717) is 5.69 Å². The minimum Gasteiger partial charge on any atom is -0.346 e. The van der Waals surface area contributed by atoms with E-state index in [1.54, 1.807) is 11.3 Å². The van der Waals surface area contributed by atoms with Crippen molar-refractivity contribution >= 4 is 17.2 Å². The second-order valence-electron chi connectivity index (χ2n) is 5.88. The molecule has 0 saturated heterocycles. The second-order valence-corrected chi connectivity index (χ2v) is 6.82. The molecule has 112 valence electrons. The molecule has 0 spiro atoms. The molecule has 3 nitrogen and oxygen atoms in total. The molecule has 0 aliphatic heterocycles. The predicted molar refractivity (Wildman–Crippen MR) is 87.8 cm³/mol. The number of aromatic nitrogens is 1. The van der Waals surface area contributed by atoms with E-state index in [1.807, 2.05) is 37.4 Å². The summed E-state index contributed by atoms with van der Waals surface area (Å²) >= 11 is 1.54. The minimum absolute atomic E-state index is 0.0796. The zero-order chi connectivity index (χ0) is 15.3. The van der Waals surface area contributed by atoms with Gasteiger partial charge in [0.15, 0.2) is 0 Å². The lowest BCUT2D eigenvalue weighted by atomic mass is 9.99. The van der Waals surface area contributed by atoms with Crippen LogP contribution in [0.25, 0.3) is 0 Å². The van der Waals surface area contributed by atoms with E-state index >= 15 is 0 Å². The predicted octanol–water partition coefficient (Wildman–Crippen LogP) is 4.04. The number of thiazole rings is 1. The van der Waals surface area contributed by atoms with Crippen molar-refractivity contribution in [3.8, 4) is 0 Å². The summed E-state index contributed by atoms with van der Waals surface area (Å²) in [7, 11) is 0. The summed E-state index contributed by atoms with van der Waals surface area (Å²) in [6.07, 6.45) is 2.78. The Balaban J connectivity index is 2.01. The van der Waals surface area contributed by atoms with Crippen LogP contribution in [0.3, 0.4) is 0 Å². The highest BCUT2D eigenvalue weighted by molar-refractivity contribution is 7.09. The second kappa shape index (κ2) is 6.85. The van der Waals surface area contributed by atoms with Gasteiger partial charge in [0.1, 0.15) is 5.69 Å². The molecule has 1 aromatic carbocycles. The summed E-state index contributed by atoms with van der Waals surface area (Å²) in [4.78, 5) is 16.7. The quantitative estimate of drug-likeness (QED) is 0.875. The maximum Gasteiger partial charge on any atom is 0.271 e. The molecule has 0 unspecified atom stereocenters. The average Bonchev–Trinajstić information content (AvgIpc) is 2.88. The van der Waals surface area contributed by atoms with Crippen LogP contribution in [0, 0.1) is 0 Å². The number of hydrogen-bond acceptors (Lipinski definition) is 3. The lowest BCUT2D eigenvalue weighted by Gasteiger charge is -2.25. The first-order valence-corrected chi connectivity index (χ1v) is 8.19. The van der Waals surface area contributed by atoms with Crippen LogP contribution in [0.15, 0.2) is 35.7 Å². The Bertz CT molecular complexity index is 590. The molecule has 0 radical (unpaired) electrons. The van der Waals surface area contributed by atoms with Crippen molar-refractivity contribution in [2.75, 3.05) is 0 Å². The fourth-order valence-corrected chi connectivity index (χ4v) is 3.13. The number of nitrogens with zero attached hydrogens (tertiary/aromatic N) is 1. The first kappa shape index (κ1) is 15.7. The third-order valence-electron chi connectivity index (χ3n) is 3.31. The van der Waals surface area contributed by atoms with Gasteiger partial charge in [0.25, 0.3) is 5.91 Å². The highest BCUT2D eigenvalue weighted by Crippen LogP contribution is 2.16. The van der Waals surface area contributed by atoms with Crippen molar-refractivity contribution in [1.82, 2.24) is 10.3 Å². The summed E-state index contributed by atoms with van der Waals surface area (Å²) in [6, 6.07) is 10.2. The third-order valence-corrected chi connectivity index (χ3v) is 4.16. The van der Waals surface area contributed by atoms with Crippen molar-refractivity contribution < 1.29 is 4.79 Å². The highest BCUT2D eigenvalue weighted by Gasteiger charge is 2.21. The zero-order valence-corrected chi connectivity index (χ0v) is 13.7. The first-order chi connectivity index (χ1) is 10.00. The third kappa shape index (κ3) is 4.67. The normalized spacial score (nSPS) is 11.4. The van der Waals surface area contributed by atoms with Crippen LogP contribution < -0.4 is 5.32 Å². The Morgan fingerprint density at radius 2 is 2.00 bits per heavy atom. The lowest BCUT2D eigenvalue weighted by molar-refractivity contribution is 0.0904. The summed E-state index contributed by atoms with van der Waals surface area (Å²) in [5.74, 6) is -0.0796. The first-order valence-electron chi connectivity index (χ1n) is 7.31. The number of benzene rings is 1. The largest absolute Gasteiger partial charge is 0.346 e. The van der Waals surface area contributed by atoms with Gasteiger partial charge < -0.3 is 5.32 Å². The molecule has 1 amide bonds. The molecule has 0 aliphatic carbocycles. The Morgan fingerprint density at radius 3 is 2.67 bits per heavy atom. The van der Waals surface area contributed by atoms with Crippen LogP contribution in [0.5, 0.6) is 0 Å². The molecule has 4 heteroatoms. The molecule has 0 aliphatic rings. The Kier molecular flexibility index (Phi) is 5.12. The van der Waals surface area contributed by atoms with E-state index in [-0.39, 0.29) is 11.4 Å². The van der Waals surface area contributed by atoms with Gasteiger partial charge in [0.05, 0.1) is 5.01 Å². The zero-order valence-electron chi connectivity index (χ0n) is 12.8. The minimum atomic E-state index is -0.185. The summed E-state index contributed by atoms with van der Waals surface area (Å²) in [5, 5.41) is 5.87. The van der Waals surface area contributed by atoms with Gasteiger partial charge in [-0.3, -0.25) is 4.79 Å². The SMILES string of the molecule is CCCC(C)(C)NC(=O)c1csc(Cc2ccccc2)n1. The molecule has 0 saturated carbocycles. The number of carbonyl (C=O) groups is 1. The molecular formula is C17H22N2OS. The highest BCUT2D eigenvalue weighted by atomic mass is 32.1. The van der Waals surface area contributed by atoms with E-state index in [4.69, 9.17) is 0 Å². The van der Waals surface area contributed by atoms with E-state index in [1.165, 1.54) is 5.56 Å². The van der Waals surface area contributed by atoms with Crippen LogP contribution in [-0.2, 0) is 6.42 Å². The number of rotatable bonds is 6. The number of hydrogen-bond donors (Lipinski definition) is 1. The fourth-order valence-electron chi connectivity index (χ4n) is 2.33. The van der Waals surface area contributed by atoms with E-state index in [2.05, 4.69) is 29.4 Å². The molecule has 1 heterocycles. The monoisotopic (exact) mass is 302 g/mol. The fraction of sp³-hybridized carbons (Fsp3) is 0.412. The molecule has 21 heavy (non-hydrogen) atoms. The smallest absolute Gasteiger partial charge is 0.271 e. The molecule has 0 fully saturated rings. The van der Waals surface area contributed by atoms with Crippen LogP contribution in [0.2, 0.25) is 0 Å². The number of nitrogens with one attached hydrogen (secondary N) is 1. The van der Waals surface area contributed by atoms with Crippen LogP contribution in [0.1, 0.15) is 54.7 Å². The van der Waals surface area contributed by atoms with Crippen molar-refractivity contribution in [3.05, 3.63) is 52.0 Å². The van der Waals surface area contributed by atoms with Crippen LogP contribution >= 0.6 is 11.3 Å². The van der Waals surface area contributed by atoms with Crippen LogP contribution in [-0.4, -0.2) is 16.4 Å². The van der Waals surface area contributed by atoms with Gasteiger partial charge in [-0.15, -0.1) is 11.3 Å². The lowest BCUT2D eigenvalue weighted by Crippen LogP contribution is -2.43. The molecule has 0 atom stereocenters. The van der Waals surface area contributed by atoms with Crippen molar-refractivity contribution in [1.29, 1.82) is 0 Å². The van der Waals surface area contributed by atoms with Gasteiger partial charge in [0.2, 0.25) is 0 Å². The van der Waals surface area contributed by atoms with E-state index < -0.39 is 0 Å². The van der Waals surface area contributed by atoms with Gasteiger partial charge in [-0.05, 0) is 25.8 Å². The molecule has 2 aromatic rings. The molecule has 2 rings (SSSR count). The van der Waals surface area contributed by atoms with Crippen molar-refractivity contribution in [2.24, 2.45) is 0 Å². The Labute approximate surface area is 130 Å². The summed E-state index contributed by atoms with van der Waals surface area (Å²) in [6.45, 7) is 6.21. The topological polar surface area (TPSA) is 42.0 Å². The van der Waals surface area contributed by atoms with Gasteiger partial charge in [-0.25, -0.2) is 4.98 Å². The van der Waals surface area contributed by atoms with Crippen molar-refractivity contribution in [2.45, 2.75) is 45.6 Å². The maximum absolute atomic E-state index is 12.2. The molecular weight excluding hydrogens is 280 g/mol. The Morgan fingerprint density at radius 1 is 1.29 bits per heavy atom. The molecule has 0 bridgehead atoms. The average molecular weight is 302 g/mol. The van der Waals surface area contributed by atoms with E-state index in [0.717, 1.165) is 24.3 Å². The van der Waals surface area contributed by atoms with Gasteiger partial charge >= 0.3 is 0 Å². The molecule has 1 aromatic heterocycles. The number of amides is 1. The molecule has 1 N–H and O–H groups in total. The van der Waals surface area contributed by atoms with Crippen LogP contribution in [0.4, 0.5) is 0 Å². The maximum atomic E-state index is 12.2. The standard InChI is InChI=1S/C17H22N2OS/c1-4-10-17(2,3)19-16(20)14-12-21-15(18-14)11-13-8-6-5-7-9-13/h5-9,12H,4,10-11H2,1-3H3,(H,19,20). The Hall–Kier alpha value is -1.68. The van der Waals surface area contributed by atoms with Gasteiger partial charge in [0, 0.05) is 17.3 Å². The summed E-state index contributed by atoms with van der Waals surface area (Å²) in [5.41, 5.74) is 1.55. The van der Waals surface area contributed by atoms with Gasteiger partial charge in [-0.2, -0.15) is 0 Å². The summed E-state index contributed by atoms with van der Waals surface area (Å²) < 4.78 is 0. The van der Waals surface area contributed by atoms with E-state index in [9.17, 15) is 4.79 Å². The number of carbonyl (C=O) groups excluding carboxylic acids is 1.